The fraction of sp³-hybridized carbons (Fsp3) is 1.00. The van der Waals surface area contributed by atoms with Gasteiger partial charge < -0.3 is 0 Å². The molecule has 62 valence electrons. The van der Waals surface area contributed by atoms with Gasteiger partial charge in [-0.3, -0.25) is 0 Å². The first-order valence-electron chi connectivity index (χ1n) is 4.15. The van der Waals surface area contributed by atoms with Gasteiger partial charge in [-0.25, -0.2) is 0 Å². The molecule has 0 amide bonds. The molecule has 2 heteroatoms. The highest BCUT2D eigenvalue weighted by atomic mass is 33.1. The first-order valence-corrected chi connectivity index (χ1v) is 6.08. The van der Waals surface area contributed by atoms with E-state index >= 15 is 0 Å². The summed E-state index contributed by atoms with van der Waals surface area (Å²) in [5, 5.41) is 0.787. The van der Waals surface area contributed by atoms with Crippen LogP contribution in [0.15, 0.2) is 0 Å². The molecule has 0 aromatic heterocycles. The number of thiol groups is 1. The second-order valence-corrected chi connectivity index (χ2v) is 4.14. The van der Waals surface area contributed by atoms with Crippen LogP contribution in [0.1, 0.15) is 46.0 Å². The lowest BCUT2D eigenvalue weighted by Gasteiger charge is -2.08. The highest BCUT2D eigenvalue weighted by Crippen LogP contribution is 2.23. The van der Waals surface area contributed by atoms with Crippen molar-refractivity contribution < 1.29 is 0 Å². The summed E-state index contributed by atoms with van der Waals surface area (Å²) >= 11 is 4.21. The molecule has 1 atom stereocenters. The van der Waals surface area contributed by atoms with E-state index in [2.05, 4.69) is 25.5 Å². The van der Waals surface area contributed by atoms with Gasteiger partial charge in [0.05, 0.1) is 0 Å². The topological polar surface area (TPSA) is 0 Å². The van der Waals surface area contributed by atoms with Crippen LogP contribution < -0.4 is 0 Å². The van der Waals surface area contributed by atoms with Gasteiger partial charge in [0.25, 0.3) is 0 Å². The zero-order chi connectivity index (χ0) is 7.82. The number of hydrogen-bond acceptors (Lipinski definition) is 2. The van der Waals surface area contributed by atoms with Crippen molar-refractivity contribution >= 4 is 22.5 Å². The minimum atomic E-state index is 0.787. The Bertz CT molecular complexity index is 60.3. The van der Waals surface area contributed by atoms with Gasteiger partial charge in [-0.1, -0.05) is 43.9 Å². The van der Waals surface area contributed by atoms with E-state index in [0.29, 0.717) is 0 Å². The molecular weight excluding hydrogens is 160 g/mol. The van der Waals surface area contributed by atoms with Crippen molar-refractivity contribution in [1.82, 2.24) is 0 Å². The third-order valence-electron chi connectivity index (χ3n) is 1.73. The molecular formula is C8H18S2. The van der Waals surface area contributed by atoms with Gasteiger partial charge in [0, 0.05) is 5.25 Å². The maximum atomic E-state index is 4.21. The van der Waals surface area contributed by atoms with E-state index in [0.717, 1.165) is 5.25 Å². The summed E-state index contributed by atoms with van der Waals surface area (Å²) in [6, 6.07) is 0. The maximum absolute atomic E-state index is 4.21. The van der Waals surface area contributed by atoms with Crippen LogP contribution in [-0.4, -0.2) is 5.25 Å². The maximum Gasteiger partial charge on any atom is 0.0146 e. The molecule has 0 nitrogen and oxygen atoms in total. The molecule has 0 heterocycles. The van der Waals surface area contributed by atoms with Crippen LogP contribution in [0.25, 0.3) is 0 Å². The second-order valence-electron chi connectivity index (χ2n) is 2.63. The van der Waals surface area contributed by atoms with Crippen molar-refractivity contribution in [2.45, 2.75) is 51.2 Å². The van der Waals surface area contributed by atoms with Crippen molar-refractivity contribution in [2.75, 3.05) is 0 Å². The Balaban J connectivity index is 3.09. The van der Waals surface area contributed by atoms with Crippen LogP contribution in [-0.2, 0) is 0 Å². The van der Waals surface area contributed by atoms with Crippen LogP contribution >= 0.6 is 22.5 Å². The average Bonchev–Trinajstić information content (AvgIpc) is 1.99. The Morgan fingerprint density at radius 3 is 2.40 bits per heavy atom. The summed E-state index contributed by atoms with van der Waals surface area (Å²) in [6.45, 7) is 4.48. The third kappa shape index (κ3) is 5.48. The molecule has 1 unspecified atom stereocenters. The minimum absolute atomic E-state index is 0.787. The number of hydrogen-bond donors (Lipinski definition) is 1. The van der Waals surface area contributed by atoms with Crippen molar-refractivity contribution in [2.24, 2.45) is 0 Å². The van der Waals surface area contributed by atoms with E-state index in [-0.39, 0.29) is 0 Å². The van der Waals surface area contributed by atoms with E-state index in [9.17, 15) is 0 Å². The molecule has 0 rings (SSSR count). The van der Waals surface area contributed by atoms with Crippen LogP contribution in [0.4, 0.5) is 0 Å². The highest BCUT2D eigenvalue weighted by Gasteiger charge is 2.02. The van der Waals surface area contributed by atoms with Gasteiger partial charge in [-0.2, -0.15) is 0 Å². The largest absolute Gasteiger partial charge is 0.111 e. The molecule has 0 aliphatic carbocycles. The second kappa shape index (κ2) is 7.80. The predicted octanol–water partition coefficient (Wildman–Crippen LogP) is 3.92. The van der Waals surface area contributed by atoms with E-state index in [1.807, 2.05) is 0 Å². The number of rotatable bonds is 6. The summed E-state index contributed by atoms with van der Waals surface area (Å²) in [5.74, 6) is 0. The Hall–Kier alpha value is 0.700. The summed E-state index contributed by atoms with van der Waals surface area (Å²) < 4.78 is 0. The number of unbranched alkanes of at least 4 members (excludes halogenated alkanes) is 2. The van der Waals surface area contributed by atoms with Crippen molar-refractivity contribution in [1.29, 1.82) is 0 Å². The van der Waals surface area contributed by atoms with Crippen LogP contribution in [0.5, 0.6) is 0 Å². The Labute approximate surface area is 74.0 Å². The van der Waals surface area contributed by atoms with Gasteiger partial charge in [-0.15, -0.1) is 11.7 Å². The first-order chi connectivity index (χ1) is 4.85. The minimum Gasteiger partial charge on any atom is -0.111 e. The average molecular weight is 178 g/mol. The van der Waals surface area contributed by atoms with Crippen molar-refractivity contribution in [3.05, 3.63) is 0 Å². The lowest BCUT2D eigenvalue weighted by molar-refractivity contribution is 0.637. The molecule has 0 aromatic rings. The van der Waals surface area contributed by atoms with Gasteiger partial charge in [0.1, 0.15) is 0 Å². The monoisotopic (exact) mass is 178 g/mol. The summed E-state index contributed by atoms with van der Waals surface area (Å²) in [6.07, 6.45) is 6.69. The Morgan fingerprint density at radius 1 is 1.30 bits per heavy atom. The molecule has 0 aliphatic heterocycles. The fourth-order valence-corrected chi connectivity index (χ4v) is 2.14. The predicted molar refractivity (Wildman–Crippen MR) is 54.8 cm³/mol. The van der Waals surface area contributed by atoms with Gasteiger partial charge >= 0.3 is 0 Å². The lowest BCUT2D eigenvalue weighted by Crippen LogP contribution is -1.97. The van der Waals surface area contributed by atoms with Crippen LogP contribution in [0.2, 0.25) is 0 Å². The van der Waals surface area contributed by atoms with Crippen LogP contribution in [0, 0.1) is 0 Å². The molecule has 0 radical (unpaired) electrons. The van der Waals surface area contributed by atoms with E-state index < -0.39 is 0 Å². The normalized spacial score (nSPS) is 13.5. The Morgan fingerprint density at radius 2 is 2.00 bits per heavy atom. The van der Waals surface area contributed by atoms with E-state index in [1.165, 1.54) is 32.1 Å². The zero-order valence-electron chi connectivity index (χ0n) is 6.97. The SMILES string of the molecule is CCCCCC(CC)SS. The van der Waals surface area contributed by atoms with Crippen LogP contribution in [0.3, 0.4) is 0 Å². The summed E-state index contributed by atoms with van der Waals surface area (Å²) in [5.41, 5.74) is 0. The first kappa shape index (κ1) is 10.7. The fourth-order valence-electron chi connectivity index (χ4n) is 0.953. The quantitative estimate of drug-likeness (QED) is 0.365. The third-order valence-corrected chi connectivity index (χ3v) is 3.50. The standard InChI is InChI=1S/C8H18S2/c1-3-5-6-7-8(4-2)10-9/h8-9H,3-7H2,1-2H3. The molecule has 0 saturated carbocycles. The van der Waals surface area contributed by atoms with E-state index in [1.54, 1.807) is 10.8 Å². The molecule has 0 bridgehead atoms. The smallest absolute Gasteiger partial charge is 0.0146 e. The summed E-state index contributed by atoms with van der Waals surface area (Å²) in [7, 11) is 1.71. The highest BCUT2D eigenvalue weighted by molar-refractivity contribution is 8.68. The van der Waals surface area contributed by atoms with Gasteiger partial charge in [0.2, 0.25) is 0 Å². The molecule has 0 saturated heterocycles. The zero-order valence-corrected chi connectivity index (χ0v) is 8.68. The molecule has 0 aromatic carbocycles. The van der Waals surface area contributed by atoms with Gasteiger partial charge in [0.15, 0.2) is 0 Å². The molecule has 0 spiro atoms. The van der Waals surface area contributed by atoms with Gasteiger partial charge in [-0.05, 0) is 12.8 Å². The molecule has 0 N–H and O–H groups in total. The molecule has 0 aliphatic rings. The van der Waals surface area contributed by atoms with Crippen molar-refractivity contribution in [3.63, 3.8) is 0 Å². The van der Waals surface area contributed by atoms with Crippen molar-refractivity contribution in [3.8, 4) is 0 Å². The molecule has 10 heavy (non-hydrogen) atoms. The molecule has 0 fully saturated rings. The summed E-state index contributed by atoms with van der Waals surface area (Å²) in [4.78, 5) is 0. The lowest BCUT2D eigenvalue weighted by atomic mass is 10.1. The van der Waals surface area contributed by atoms with E-state index in [4.69, 9.17) is 0 Å². The Kier molecular flexibility index (Phi) is 8.35.